The fourth-order valence-corrected chi connectivity index (χ4v) is 6.06. The van der Waals surface area contributed by atoms with Gasteiger partial charge in [0.2, 0.25) is 11.8 Å². The van der Waals surface area contributed by atoms with Crippen LogP contribution in [0.5, 0.6) is 0 Å². The molecule has 172 valence electrons. The number of nitrogens with zero attached hydrogens (tertiary/aromatic N) is 2. The van der Waals surface area contributed by atoms with Crippen LogP contribution in [0.1, 0.15) is 25.8 Å². The Kier molecular flexibility index (Phi) is 7.95. The predicted octanol–water partition coefficient (Wildman–Crippen LogP) is 3.16. The largest absolute Gasteiger partial charge is 0.370 e. The molecular formula is C23H28BrN3O4S. The van der Waals surface area contributed by atoms with Crippen molar-refractivity contribution in [1.29, 1.82) is 0 Å². The number of rotatable bonds is 9. The summed E-state index contributed by atoms with van der Waals surface area (Å²) in [5.74, 6) is -0.823. The molecule has 1 N–H and O–H groups in total. The van der Waals surface area contributed by atoms with Gasteiger partial charge in [0.05, 0.1) is 16.3 Å². The summed E-state index contributed by atoms with van der Waals surface area (Å²) in [5, 5.41) is 2.81. The highest BCUT2D eigenvalue weighted by Crippen LogP contribution is 2.38. The van der Waals surface area contributed by atoms with E-state index < -0.39 is 9.84 Å². The van der Waals surface area contributed by atoms with Crippen molar-refractivity contribution < 1.29 is 18.0 Å². The highest BCUT2D eigenvalue weighted by molar-refractivity contribution is 9.10. The van der Waals surface area contributed by atoms with Gasteiger partial charge in [0.1, 0.15) is 0 Å². The Labute approximate surface area is 197 Å². The van der Waals surface area contributed by atoms with E-state index in [2.05, 4.69) is 26.1 Å². The standard InChI is InChI=1S/C23H28BrN3O4S/c1-3-26(20-7-5-4-6-8-20)13-11-25-22(29)10-14-32(30,31)21-16-19(24)15-18-9-12-27(17(2)28)23(18)21/h4-8,15-16H,3,9-14H2,1-2H3,(H,25,29). The third kappa shape index (κ3) is 5.69. The highest BCUT2D eigenvalue weighted by Gasteiger charge is 2.31. The lowest BCUT2D eigenvalue weighted by molar-refractivity contribution is -0.120. The molecule has 2 aromatic carbocycles. The maximum Gasteiger partial charge on any atom is 0.223 e. The Morgan fingerprint density at radius 1 is 1.19 bits per heavy atom. The Balaban J connectivity index is 1.61. The van der Waals surface area contributed by atoms with Gasteiger partial charge in [-0.25, -0.2) is 8.42 Å². The third-order valence-electron chi connectivity index (χ3n) is 5.51. The average molecular weight is 522 g/mol. The second-order valence-electron chi connectivity index (χ2n) is 7.67. The average Bonchev–Trinajstić information content (AvgIpc) is 3.19. The predicted molar refractivity (Wildman–Crippen MR) is 130 cm³/mol. The van der Waals surface area contributed by atoms with E-state index in [1.54, 1.807) is 0 Å². The number of hydrogen-bond donors (Lipinski definition) is 1. The van der Waals surface area contributed by atoms with Gasteiger partial charge in [-0.05, 0) is 43.2 Å². The zero-order chi connectivity index (χ0) is 23.3. The first-order valence-corrected chi connectivity index (χ1v) is 13.1. The van der Waals surface area contributed by atoms with Gasteiger partial charge in [0, 0.05) is 49.7 Å². The zero-order valence-electron chi connectivity index (χ0n) is 18.3. The number of hydrogen-bond acceptors (Lipinski definition) is 5. The van der Waals surface area contributed by atoms with Gasteiger partial charge in [-0.3, -0.25) is 9.59 Å². The molecule has 32 heavy (non-hydrogen) atoms. The minimum atomic E-state index is -3.75. The van der Waals surface area contributed by atoms with Crippen molar-refractivity contribution in [2.24, 2.45) is 0 Å². The van der Waals surface area contributed by atoms with Crippen molar-refractivity contribution >= 4 is 49.0 Å². The summed E-state index contributed by atoms with van der Waals surface area (Å²) in [6, 6.07) is 13.3. The Hall–Kier alpha value is -2.39. The van der Waals surface area contributed by atoms with Gasteiger partial charge in [-0.1, -0.05) is 34.1 Å². The molecule has 0 fully saturated rings. The van der Waals surface area contributed by atoms with Crippen LogP contribution in [-0.4, -0.2) is 52.2 Å². The van der Waals surface area contributed by atoms with Crippen LogP contribution in [0, 0.1) is 0 Å². The molecule has 1 heterocycles. The van der Waals surface area contributed by atoms with Crippen LogP contribution in [0.15, 0.2) is 51.8 Å². The molecular weight excluding hydrogens is 494 g/mol. The minimum absolute atomic E-state index is 0.101. The summed E-state index contributed by atoms with van der Waals surface area (Å²) in [4.78, 5) is 28.1. The number of likely N-dealkylation sites (N-methyl/N-ethyl adjacent to an activating group) is 1. The van der Waals surface area contributed by atoms with E-state index in [4.69, 9.17) is 0 Å². The maximum absolute atomic E-state index is 13.1. The summed E-state index contributed by atoms with van der Waals surface area (Å²) >= 11 is 3.37. The fourth-order valence-electron chi connectivity index (χ4n) is 3.89. The van der Waals surface area contributed by atoms with Gasteiger partial charge < -0.3 is 15.1 Å². The van der Waals surface area contributed by atoms with E-state index in [1.165, 1.54) is 17.9 Å². The number of para-hydroxylation sites is 1. The van der Waals surface area contributed by atoms with Crippen LogP contribution in [0.25, 0.3) is 0 Å². The lowest BCUT2D eigenvalue weighted by Crippen LogP contribution is -2.35. The Bertz CT molecular complexity index is 1090. The Morgan fingerprint density at radius 2 is 1.91 bits per heavy atom. The molecule has 1 aliphatic heterocycles. The van der Waals surface area contributed by atoms with Gasteiger partial charge >= 0.3 is 0 Å². The SMILES string of the molecule is CCN(CCNC(=O)CCS(=O)(=O)c1cc(Br)cc2c1N(C(C)=O)CC2)c1ccccc1. The van der Waals surface area contributed by atoms with Crippen molar-refractivity contribution in [2.45, 2.75) is 31.6 Å². The topological polar surface area (TPSA) is 86.8 Å². The molecule has 3 rings (SSSR count). The molecule has 0 atom stereocenters. The number of sulfone groups is 1. The molecule has 0 saturated carbocycles. The second kappa shape index (κ2) is 10.5. The zero-order valence-corrected chi connectivity index (χ0v) is 20.7. The van der Waals surface area contributed by atoms with Crippen molar-refractivity contribution in [3.8, 4) is 0 Å². The number of halogens is 1. The fraction of sp³-hybridized carbons (Fsp3) is 0.391. The number of amides is 2. The summed E-state index contributed by atoms with van der Waals surface area (Å²) < 4.78 is 26.8. The molecule has 1 aliphatic rings. The summed E-state index contributed by atoms with van der Waals surface area (Å²) in [6.07, 6.45) is 0.466. The minimum Gasteiger partial charge on any atom is -0.370 e. The van der Waals surface area contributed by atoms with Crippen molar-refractivity contribution in [2.75, 3.05) is 41.7 Å². The molecule has 0 aliphatic carbocycles. The molecule has 2 amide bonds. The van der Waals surface area contributed by atoms with Gasteiger partial charge in [0.15, 0.2) is 9.84 Å². The van der Waals surface area contributed by atoms with Gasteiger partial charge in [0.25, 0.3) is 0 Å². The first-order valence-electron chi connectivity index (χ1n) is 10.6. The van der Waals surface area contributed by atoms with Crippen LogP contribution in [0.4, 0.5) is 11.4 Å². The second-order valence-corrected chi connectivity index (χ2v) is 10.7. The van der Waals surface area contributed by atoms with E-state index >= 15 is 0 Å². The number of nitrogens with one attached hydrogen (secondary N) is 1. The van der Waals surface area contributed by atoms with E-state index in [1.807, 2.05) is 43.3 Å². The summed E-state index contributed by atoms with van der Waals surface area (Å²) in [7, 11) is -3.75. The number of fused-ring (bicyclic) bond motifs is 1. The van der Waals surface area contributed by atoms with E-state index in [0.717, 1.165) is 17.8 Å². The van der Waals surface area contributed by atoms with Crippen molar-refractivity contribution in [3.63, 3.8) is 0 Å². The summed E-state index contributed by atoms with van der Waals surface area (Å²) in [6.45, 7) is 5.78. The maximum atomic E-state index is 13.1. The highest BCUT2D eigenvalue weighted by atomic mass is 79.9. The number of carbonyl (C=O) groups excluding carboxylic acids is 2. The number of carbonyl (C=O) groups is 2. The first-order chi connectivity index (χ1) is 15.2. The smallest absolute Gasteiger partial charge is 0.223 e. The van der Waals surface area contributed by atoms with Crippen LogP contribution in [0.3, 0.4) is 0 Å². The van der Waals surface area contributed by atoms with Gasteiger partial charge in [-0.2, -0.15) is 0 Å². The first kappa shape index (κ1) is 24.3. The Morgan fingerprint density at radius 3 is 2.56 bits per heavy atom. The van der Waals surface area contributed by atoms with Crippen LogP contribution in [-0.2, 0) is 25.8 Å². The molecule has 0 unspecified atom stereocenters. The van der Waals surface area contributed by atoms with Crippen LogP contribution in [0.2, 0.25) is 0 Å². The number of benzene rings is 2. The van der Waals surface area contributed by atoms with Crippen LogP contribution < -0.4 is 15.1 Å². The summed E-state index contributed by atoms with van der Waals surface area (Å²) in [5.41, 5.74) is 2.34. The normalized spacial score (nSPS) is 13.0. The monoisotopic (exact) mass is 521 g/mol. The van der Waals surface area contributed by atoms with E-state index in [9.17, 15) is 18.0 Å². The lowest BCUT2D eigenvalue weighted by atomic mass is 10.2. The van der Waals surface area contributed by atoms with Crippen LogP contribution >= 0.6 is 15.9 Å². The molecule has 7 nitrogen and oxygen atoms in total. The van der Waals surface area contributed by atoms with E-state index in [-0.39, 0.29) is 28.9 Å². The molecule has 0 spiro atoms. The van der Waals surface area contributed by atoms with E-state index in [0.29, 0.717) is 36.2 Å². The third-order valence-corrected chi connectivity index (χ3v) is 7.69. The molecule has 0 radical (unpaired) electrons. The molecule has 0 saturated heterocycles. The van der Waals surface area contributed by atoms with Crippen molar-refractivity contribution in [3.05, 3.63) is 52.5 Å². The quantitative estimate of drug-likeness (QED) is 0.547. The molecule has 2 aromatic rings. The van der Waals surface area contributed by atoms with Gasteiger partial charge in [-0.15, -0.1) is 0 Å². The molecule has 9 heteroatoms. The number of anilines is 2. The van der Waals surface area contributed by atoms with Crippen molar-refractivity contribution in [1.82, 2.24) is 5.32 Å². The molecule has 0 aromatic heterocycles. The lowest BCUT2D eigenvalue weighted by Gasteiger charge is -2.23. The molecule has 0 bridgehead atoms.